The van der Waals surface area contributed by atoms with Crippen LogP contribution < -0.4 is 5.32 Å². The number of rotatable bonds is 8. The van der Waals surface area contributed by atoms with Gasteiger partial charge in [0, 0.05) is 5.41 Å². The molecule has 1 unspecified atom stereocenters. The summed E-state index contributed by atoms with van der Waals surface area (Å²) in [6.45, 7) is 10.9. The van der Waals surface area contributed by atoms with Crippen LogP contribution in [0.15, 0.2) is 53.1 Å². The number of hydrogen-bond acceptors (Lipinski definition) is 3. The van der Waals surface area contributed by atoms with Gasteiger partial charge in [-0.2, -0.15) is 0 Å². The Bertz CT molecular complexity index is 647. The SMILES string of the molecule is CC(C)[C@@H]1CC(CCNCc2ccco2)(c2ccccc2)C[C@H](C(C)C)O1. The van der Waals surface area contributed by atoms with E-state index >= 15 is 0 Å². The van der Waals surface area contributed by atoms with Crippen LogP contribution in [0, 0.1) is 11.8 Å². The summed E-state index contributed by atoms with van der Waals surface area (Å²) in [7, 11) is 0. The molecule has 1 aliphatic heterocycles. The Labute approximate surface area is 164 Å². The third kappa shape index (κ3) is 5.03. The first kappa shape index (κ1) is 20.2. The fourth-order valence-corrected chi connectivity index (χ4v) is 4.29. The van der Waals surface area contributed by atoms with Crippen LogP contribution in [0.25, 0.3) is 0 Å². The fraction of sp³-hybridized carbons (Fsp3) is 0.583. The second-order valence-corrected chi connectivity index (χ2v) is 8.76. The second kappa shape index (κ2) is 9.07. The zero-order valence-electron chi connectivity index (χ0n) is 17.3. The van der Waals surface area contributed by atoms with E-state index in [1.54, 1.807) is 6.26 Å². The van der Waals surface area contributed by atoms with E-state index in [1.807, 2.05) is 12.1 Å². The molecule has 0 spiro atoms. The van der Waals surface area contributed by atoms with E-state index in [1.165, 1.54) is 5.56 Å². The molecule has 1 N–H and O–H groups in total. The molecule has 1 fully saturated rings. The Balaban J connectivity index is 1.78. The predicted molar refractivity (Wildman–Crippen MR) is 111 cm³/mol. The van der Waals surface area contributed by atoms with E-state index in [0.29, 0.717) is 24.0 Å². The molecule has 27 heavy (non-hydrogen) atoms. The molecular weight excluding hydrogens is 334 g/mol. The summed E-state index contributed by atoms with van der Waals surface area (Å²) >= 11 is 0. The largest absolute Gasteiger partial charge is 0.468 e. The third-order valence-electron chi connectivity index (χ3n) is 6.07. The lowest BCUT2D eigenvalue weighted by Gasteiger charge is -2.48. The van der Waals surface area contributed by atoms with Crippen LogP contribution in [0.5, 0.6) is 0 Å². The molecule has 3 nitrogen and oxygen atoms in total. The minimum atomic E-state index is 0.166. The van der Waals surface area contributed by atoms with Gasteiger partial charge in [0.1, 0.15) is 5.76 Å². The molecule has 1 aliphatic rings. The average Bonchev–Trinajstić information content (AvgIpc) is 3.19. The summed E-state index contributed by atoms with van der Waals surface area (Å²) in [5, 5.41) is 3.58. The van der Waals surface area contributed by atoms with E-state index in [0.717, 1.165) is 38.1 Å². The molecule has 2 aromatic rings. The first-order valence-corrected chi connectivity index (χ1v) is 10.4. The fourth-order valence-electron chi connectivity index (χ4n) is 4.29. The van der Waals surface area contributed by atoms with Gasteiger partial charge in [-0.25, -0.2) is 0 Å². The maximum atomic E-state index is 6.52. The summed E-state index contributed by atoms with van der Waals surface area (Å²) in [5.41, 5.74) is 1.63. The summed E-state index contributed by atoms with van der Waals surface area (Å²) in [5.74, 6) is 2.06. The predicted octanol–water partition coefficient (Wildman–Crippen LogP) is 5.56. The quantitative estimate of drug-likeness (QED) is 0.619. The highest BCUT2D eigenvalue weighted by Crippen LogP contribution is 2.45. The summed E-state index contributed by atoms with van der Waals surface area (Å²) in [6, 6.07) is 15.1. The molecule has 3 heteroatoms. The van der Waals surface area contributed by atoms with Crippen LogP contribution in [-0.2, 0) is 16.7 Å². The summed E-state index contributed by atoms with van der Waals surface area (Å²) in [4.78, 5) is 0. The van der Waals surface area contributed by atoms with Gasteiger partial charge < -0.3 is 14.5 Å². The van der Waals surface area contributed by atoms with Gasteiger partial charge in [0.2, 0.25) is 0 Å². The van der Waals surface area contributed by atoms with Crippen LogP contribution in [0.4, 0.5) is 0 Å². The number of ether oxygens (including phenoxy) is 1. The Morgan fingerprint density at radius 2 is 1.63 bits per heavy atom. The van der Waals surface area contributed by atoms with Crippen molar-refractivity contribution in [1.29, 1.82) is 0 Å². The topological polar surface area (TPSA) is 34.4 Å². The molecule has 0 aliphatic carbocycles. The third-order valence-corrected chi connectivity index (χ3v) is 6.07. The summed E-state index contributed by atoms with van der Waals surface area (Å²) in [6.07, 6.45) is 5.68. The Morgan fingerprint density at radius 3 is 2.19 bits per heavy atom. The molecule has 1 aromatic carbocycles. The maximum absolute atomic E-state index is 6.52. The highest BCUT2D eigenvalue weighted by atomic mass is 16.5. The minimum absolute atomic E-state index is 0.166. The van der Waals surface area contributed by atoms with Crippen LogP contribution in [0.2, 0.25) is 0 Å². The van der Waals surface area contributed by atoms with Crippen molar-refractivity contribution in [1.82, 2.24) is 5.32 Å². The number of benzene rings is 1. The average molecular weight is 370 g/mol. The molecule has 0 radical (unpaired) electrons. The van der Waals surface area contributed by atoms with Crippen molar-refractivity contribution in [2.24, 2.45) is 11.8 Å². The highest BCUT2D eigenvalue weighted by Gasteiger charge is 2.43. The van der Waals surface area contributed by atoms with Gasteiger partial charge in [0.05, 0.1) is 25.0 Å². The Kier molecular flexibility index (Phi) is 6.78. The van der Waals surface area contributed by atoms with Gasteiger partial charge in [-0.15, -0.1) is 0 Å². The maximum Gasteiger partial charge on any atom is 0.117 e. The van der Waals surface area contributed by atoms with Gasteiger partial charge >= 0.3 is 0 Å². The van der Waals surface area contributed by atoms with E-state index in [2.05, 4.69) is 63.3 Å². The van der Waals surface area contributed by atoms with Crippen LogP contribution in [0.1, 0.15) is 58.3 Å². The smallest absolute Gasteiger partial charge is 0.117 e. The van der Waals surface area contributed by atoms with E-state index in [9.17, 15) is 0 Å². The monoisotopic (exact) mass is 369 g/mol. The molecule has 1 aromatic heterocycles. The minimum Gasteiger partial charge on any atom is -0.468 e. The zero-order valence-corrected chi connectivity index (χ0v) is 17.3. The number of nitrogens with one attached hydrogen (secondary N) is 1. The lowest BCUT2D eigenvalue weighted by Crippen LogP contribution is -2.48. The standard InChI is InChI=1S/C24H35NO2/c1-18(2)22-15-24(16-23(27-22)19(3)4,20-9-6-5-7-10-20)12-13-25-17-21-11-8-14-26-21/h5-11,14,18-19,22-23,25H,12-13,15-17H2,1-4H3/t22-,23+,24?. The van der Waals surface area contributed by atoms with Crippen molar-refractivity contribution in [2.75, 3.05) is 6.54 Å². The molecule has 2 heterocycles. The van der Waals surface area contributed by atoms with Crippen LogP contribution in [-0.4, -0.2) is 18.8 Å². The van der Waals surface area contributed by atoms with Gasteiger partial charge in [-0.3, -0.25) is 0 Å². The molecule has 0 saturated carbocycles. The highest BCUT2D eigenvalue weighted by molar-refractivity contribution is 5.27. The summed E-state index contributed by atoms with van der Waals surface area (Å²) < 4.78 is 12.0. The van der Waals surface area contributed by atoms with Crippen LogP contribution in [0.3, 0.4) is 0 Å². The lowest BCUT2D eigenvalue weighted by atomic mass is 9.66. The molecule has 148 valence electrons. The van der Waals surface area contributed by atoms with E-state index in [4.69, 9.17) is 9.15 Å². The second-order valence-electron chi connectivity index (χ2n) is 8.76. The molecule has 0 bridgehead atoms. The molecule has 1 saturated heterocycles. The van der Waals surface area contributed by atoms with Crippen molar-refractivity contribution in [2.45, 2.75) is 71.1 Å². The van der Waals surface area contributed by atoms with Gasteiger partial charge in [-0.1, -0.05) is 58.0 Å². The first-order valence-electron chi connectivity index (χ1n) is 10.4. The van der Waals surface area contributed by atoms with Crippen molar-refractivity contribution in [3.63, 3.8) is 0 Å². The number of hydrogen-bond donors (Lipinski definition) is 1. The Hall–Kier alpha value is -1.58. The number of furan rings is 1. The zero-order chi connectivity index (χ0) is 19.3. The van der Waals surface area contributed by atoms with Crippen molar-refractivity contribution in [3.05, 3.63) is 60.1 Å². The molecule has 0 amide bonds. The van der Waals surface area contributed by atoms with Crippen molar-refractivity contribution in [3.8, 4) is 0 Å². The van der Waals surface area contributed by atoms with Gasteiger partial charge in [-0.05, 0) is 55.3 Å². The van der Waals surface area contributed by atoms with Crippen LogP contribution >= 0.6 is 0 Å². The molecule has 3 rings (SSSR count). The normalized spacial score (nSPS) is 26.0. The van der Waals surface area contributed by atoms with E-state index < -0.39 is 0 Å². The van der Waals surface area contributed by atoms with Gasteiger partial charge in [0.25, 0.3) is 0 Å². The lowest BCUT2D eigenvalue weighted by molar-refractivity contribution is -0.118. The van der Waals surface area contributed by atoms with Gasteiger partial charge in [0.15, 0.2) is 0 Å². The molecular formula is C24H35NO2. The van der Waals surface area contributed by atoms with Crippen molar-refractivity contribution >= 4 is 0 Å². The first-order chi connectivity index (χ1) is 13.0. The van der Waals surface area contributed by atoms with Crippen molar-refractivity contribution < 1.29 is 9.15 Å². The molecule has 3 atom stereocenters. The van der Waals surface area contributed by atoms with E-state index in [-0.39, 0.29) is 5.41 Å². The Morgan fingerprint density at radius 1 is 0.963 bits per heavy atom.